The van der Waals surface area contributed by atoms with E-state index in [1.54, 1.807) is 0 Å². The molecule has 0 amide bonds. The van der Waals surface area contributed by atoms with E-state index in [0.29, 0.717) is 6.61 Å². The first kappa shape index (κ1) is 14.9. The number of ether oxygens (including phenoxy) is 1. The summed E-state index contributed by atoms with van der Waals surface area (Å²) in [5.74, 6) is 0.847. The van der Waals surface area contributed by atoms with Crippen LogP contribution in [0.4, 0.5) is 0 Å². The van der Waals surface area contributed by atoms with Crippen LogP contribution in [0.1, 0.15) is 23.6 Å². The molecule has 0 spiro atoms. The maximum Gasteiger partial charge on any atom is 0.125 e. The van der Waals surface area contributed by atoms with Gasteiger partial charge in [0.25, 0.3) is 0 Å². The molecule has 106 valence electrons. The molecule has 0 unspecified atom stereocenters. The molecule has 2 nitrogen and oxygen atoms in total. The van der Waals surface area contributed by atoms with Crippen LogP contribution >= 0.6 is 11.6 Å². The quantitative estimate of drug-likeness (QED) is 0.854. The lowest BCUT2D eigenvalue weighted by Gasteiger charge is -2.13. The van der Waals surface area contributed by atoms with Crippen LogP contribution in [-0.2, 0) is 13.2 Å². The summed E-state index contributed by atoms with van der Waals surface area (Å²) in [6.07, 6.45) is 0. The Labute approximate surface area is 125 Å². The van der Waals surface area contributed by atoms with Gasteiger partial charge in [-0.05, 0) is 31.2 Å². The Morgan fingerprint density at radius 3 is 2.70 bits per heavy atom. The summed E-state index contributed by atoms with van der Waals surface area (Å²) in [4.78, 5) is 0. The molecule has 0 bridgehead atoms. The van der Waals surface area contributed by atoms with Crippen LogP contribution in [-0.4, -0.2) is 6.54 Å². The van der Waals surface area contributed by atoms with Crippen LogP contribution in [0.15, 0.2) is 42.5 Å². The molecular weight excluding hydrogens is 270 g/mol. The van der Waals surface area contributed by atoms with Gasteiger partial charge in [0.1, 0.15) is 12.4 Å². The van der Waals surface area contributed by atoms with Gasteiger partial charge in [0.15, 0.2) is 0 Å². The van der Waals surface area contributed by atoms with Crippen LogP contribution in [0, 0.1) is 6.92 Å². The van der Waals surface area contributed by atoms with E-state index < -0.39 is 0 Å². The van der Waals surface area contributed by atoms with Gasteiger partial charge in [-0.3, -0.25) is 0 Å². The van der Waals surface area contributed by atoms with Gasteiger partial charge in [-0.2, -0.15) is 0 Å². The van der Waals surface area contributed by atoms with E-state index in [1.165, 1.54) is 11.1 Å². The molecule has 0 aliphatic rings. The van der Waals surface area contributed by atoms with Crippen LogP contribution < -0.4 is 10.1 Å². The molecule has 3 heteroatoms. The average molecular weight is 290 g/mol. The zero-order valence-electron chi connectivity index (χ0n) is 11.9. The van der Waals surface area contributed by atoms with Crippen LogP contribution in [0.25, 0.3) is 0 Å². The molecule has 0 radical (unpaired) electrons. The van der Waals surface area contributed by atoms with Gasteiger partial charge >= 0.3 is 0 Å². The number of benzene rings is 2. The van der Waals surface area contributed by atoms with Gasteiger partial charge in [0.05, 0.1) is 0 Å². The van der Waals surface area contributed by atoms with Crippen molar-refractivity contribution in [1.29, 1.82) is 0 Å². The van der Waals surface area contributed by atoms with E-state index in [2.05, 4.69) is 37.4 Å². The van der Waals surface area contributed by atoms with Crippen molar-refractivity contribution in [2.45, 2.75) is 27.0 Å². The summed E-state index contributed by atoms with van der Waals surface area (Å²) in [6, 6.07) is 14.1. The third-order valence-corrected chi connectivity index (χ3v) is 3.46. The Hall–Kier alpha value is -1.51. The lowest BCUT2D eigenvalue weighted by atomic mass is 10.1. The summed E-state index contributed by atoms with van der Waals surface area (Å²) in [6.45, 7) is 6.34. The van der Waals surface area contributed by atoms with Gasteiger partial charge < -0.3 is 10.1 Å². The minimum Gasteiger partial charge on any atom is -0.489 e. The predicted octanol–water partition coefficient (Wildman–Crippen LogP) is 4.34. The van der Waals surface area contributed by atoms with Crippen molar-refractivity contribution in [3.05, 3.63) is 64.2 Å². The van der Waals surface area contributed by atoms with E-state index in [1.807, 2.05) is 24.3 Å². The highest BCUT2D eigenvalue weighted by atomic mass is 35.5. The summed E-state index contributed by atoms with van der Waals surface area (Å²) in [7, 11) is 0. The summed E-state index contributed by atoms with van der Waals surface area (Å²) in [5.41, 5.74) is 3.42. The Balaban J connectivity index is 2.10. The van der Waals surface area contributed by atoms with E-state index >= 15 is 0 Å². The van der Waals surface area contributed by atoms with Crippen molar-refractivity contribution in [1.82, 2.24) is 5.32 Å². The van der Waals surface area contributed by atoms with E-state index in [-0.39, 0.29) is 0 Å². The molecule has 0 aliphatic heterocycles. The SMILES string of the molecule is CCNCc1c(Cl)cccc1OCc1cccc(C)c1. The number of aryl methyl sites for hydroxylation is 1. The van der Waals surface area contributed by atoms with Crippen LogP contribution in [0.2, 0.25) is 5.02 Å². The smallest absolute Gasteiger partial charge is 0.125 e. The number of nitrogens with one attached hydrogen (secondary N) is 1. The summed E-state index contributed by atoms with van der Waals surface area (Å²) >= 11 is 6.25. The van der Waals surface area contributed by atoms with Crippen molar-refractivity contribution in [2.75, 3.05) is 6.54 Å². The average Bonchev–Trinajstić information content (AvgIpc) is 2.44. The molecule has 0 aromatic heterocycles. The minimum absolute atomic E-state index is 0.557. The van der Waals surface area contributed by atoms with Crippen molar-refractivity contribution < 1.29 is 4.74 Å². The van der Waals surface area contributed by atoms with Crippen molar-refractivity contribution in [2.24, 2.45) is 0 Å². The van der Waals surface area contributed by atoms with Crippen LogP contribution in [0.3, 0.4) is 0 Å². The zero-order valence-corrected chi connectivity index (χ0v) is 12.7. The van der Waals surface area contributed by atoms with E-state index in [9.17, 15) is 0 Å². The van der Waals surface area contributed by atoms with Crippen molar-refractivity contribution in [3.8, 4) is 5.75 Å². The van der Waals surface area contributed by atoms with E-state index in [0.717, 1.165) is 29.4 Å². The predicted molar refractivity (Wildman–Crippen MR) is 84.3 cm³/mol. The van der Waals surface area contributed by atoms with Gasteiger partial charge in [-0.25, -0.2) is 0 Å². The lowest BCUT2D eigenvalue weighted by molar-refractivity contribution is 0.302. The number of hydrogen-bond acceptors (Lipinski definition) is 2. The second-order valence-electron chi connectivity index (χ2n) is 4.77. The maximum atomic E-state index is 6.25. The first-order chi connectivity index (χ1) is 9.70. The third-order valence-electron chi connectivity index (χ3n) is 3.10. The highest BCUT2D eigenvalue weighted by molar-refractivity contribution is 6.31. The number of halogens is 1. The van der Waals surface area contributed by atoms with Crippen LogP contribution in [0.5, 0.6) is 5.75 Å². The number of rotatable bonds is 6. The maximum absolute atomic E-state index is 6.25. The molecule has 1 N–H and O–H groups in total. The third kappa shape index (κ3) is 3.99. The van der Waals surface area contributed by atoms with Gasteiger partial charge in [0, 0.05) is 17.1 Å². The van der Waals surface area contributed by atoms with Crippen molar-refractivity contribution >= 4 is 11.6 Å². The molecule has 0 saturated carbocycles. The second kappa shape index (κ2) is 7.32. The Kier molecular flexibility index (Phi) is 5.45. The fourth-order valence-corrected chi connectivity index (χ4v) is 2.29. The molecule has 0 atom stereocenters. The summed E-state index contributed by atoms with van der Waals surface area (Å²) < 4.78 is 5.93. The molecule has 2 rings (SSSR count). The Bertz CT molecular complexity index is 569. The minimum atomic E-state index is 0.557. The largest absolute Gasteiger partial charge is 0.489 e. The standard InChI is InChI=1S/C17H20ClNO/c1-3-19-11-15-16(18)8-5-9-17(15)20-12-14-7-4-6-13(2)10-14/h4-10,19H,3,11-12H2,1-2H3. The van der Waals surface area contributed by atoms with E-state index in [4.69, 9.17) is 16.3 Å². The molecule has 0 aliphatic carbocycles. The highest BCUT2D eigenvalue weighted by Gasteiger charge is 2.08. The molecular formula is C17H20ClNO. The molecule has 2 aromatic rings. The second-order valence-corrected chi connectivity index (χ2v) is 5.18. The molecule has 0 heterocycles. The lowest BCUT2D eigenvalue weighted by Crippen LogP contribution is -2.13. The van der Waals surface area contributed by atoms with Gasteiger partial charge in [0.2, 0.25) is 0 Å². The first-order valence-corrected chi connectivity index (χ1v) is 7.25. The normalized spacial score (nSPS) is 10.6. The Morgan fingerprint density at radius 1 is 1.15 bits per heavy atom. The molecule has 0 saturated heterocycles. The Morgan fingerprint density at radius 2 is 1.95 bits per heavy atom. The fourth-order valence-electron chi connectivity index (χ4n) is 2.06. The zero-order chi connectivity index (χ0) is 14.4. The molecule has 20 heavy (non-hydrogen) atoms. The first-order valence-electron chi connectivity index (χ1n) is 6.87. The molecule has 0 fully saturated rings. The summed E-state index contributed by atoms with van der Waals surface area (Å²) in [5, 5.41) is 4.03. The fraction of sp³-hybridized carbons (Fsp3) is 0.294. The molecule has 2 aromatic carbocycles. The highest BCUT2D eigenvalue weighted by Crippen LogP contribution is 2.27. The van der Waals surface area contributed by atoms with Gasteiger partial charge in [-0.15, -0.1) is 0 Å². The van der Waals surface area contributed by atoms with Crippen molar-refractivity contribution in [3.63, 3.8) is 0 Å². The topological polar surface area (TPSA) is 21.3 Å². The van der Waals surface area contributed by atoms with Gasteiger partial charge in [-0.1, -0.05) is 54.4 Å². The monoisotopic (exact) mass is 289 g/mol. The number of hydrogen-bond donors (Lipinski definition) is 1.